The van der Waals surface area contributed by atoms with Gasteiger partial charge in [0.2, 0.25) is 5.91 Å². The number of carbonyl (C=O) groups is 2. The van der Waals surface area contributed by atoms with Gasteiger partial charge in [-0.2, -0.15) is 0 Å². The zero-order valence-electron chi connectivity index (χ0n) is 15.2. The monoisotopic (exact) mass is 472 g/mol. The number of carbonyl (C=O) groups excluding carboxylic acids is 1. The molecule has 0 bridgehead atoms. The zero-order valence-corrected chi connectivity index (χ0v) is 17.6. The Balaban J connectivity index is 1.70. The molecule has 1 heterocycles. The smallest absolute Gasteiger partial charge is 0.335 e. The van der Waals surface area contributed by atoms with Crippen molar-refractivity contribution in [3.63, 3.8) is 0 Å². The molecule has 9 heteroatoms. The van der Waals surface area contributed by atoms with Crippen LogP contribution in [-0.4, -0.2) is 37.5 Å². The van der Waals surface area contributed by atoms with Crippen LogP contribution >= 0.6 is 27.7 Å². The number of rotatable bonds is 8. The largest absolute Gasteiger partial charge is 0.478 e. The molecule has 0 spiro atoms. The number of thioether (sulfide) groups is 1. The van der Waals surface area contributed by atoms with Crippen LogP contribution in [0.25, 0.3) is 11.4 Å². The molecular weight excluding hydrogens is 456 g/mol. The summed E-state index contributed by atoms with van der Waals surface area (Å²) >= 11 is 4.66. The molecule has 0 saturated heterocycles. The average molecular weight is 473 g/mol. The summed E-state index contributed by atoms with van der Waals surface area (Å²) in [5.41, 5.74) is 1.45. The minimum Gasteiger partial charge on any atom is -0.478 e. The molecule has 0 fully saturated rings. The van der Waals surface area contributed by atoms with Crippen molar-refractivity contribution in [2.75, 3.05) is 11.1 Å². The van der Waals surface area contributed by atoms with Crippen LogP contribution in [0.1, 0.15) is 10.4 Å². The zero-order chi connectivity index (χ0) is 20.8. The first-order valence-corrected chi connectivity index (χ1v) is 10.3. The summed E-state index contributed by atoms with van der Waals surface area (Å²) in [5.74, 6) is -0.522. The number of nitrogens with one attached hydrogen (secondary N) is 1. The Morgan fingerprint density at radius 1 is 1.21 bits per heavy atom. The number of allylic oxidation sites excluding steroid dienone is 1. The van der Waals surface area contributed by atoms with Gasteiger partial charge in [0.05, 0.1) is 11.3 Å². The van der Waals surface area contributed by atoms with Gasteiger partial charge in [0.1, 0.15) is 0 Å². The third kappa shape index (κ3) is 5.33. The van der Waals surface area contributed by atoms with Gasteiger partial charge in [-0.15, -0.1) is 16.8 Å². The van der Waals surface area contributed by atoms with E-state index in [0.29, 0.717) is 23.2 Å². The van der Waals surface area contributed by atoms with Crippen LogP contribution in [0.5, 0.6) is 0 Å². The number of hydrogen-bond acceptors (Lipinski definition) is 5. The predicted octanol–water partition coefficient (Wildman–Crippen LogP) is 4.32. The molecule has 3 rings (SSSR count). The van der Waals surface area contributed by atoms with Gasteiger partial charge >= 0.3 is 5.97 Å². The quantitative estimate of drug-likeness (QED) is 0.374. The van der Waals surface area contributed by atoms with Crippen molar-refractivity contribution in [2.45, 2.75) is 11.7 Å². The Bertz CT molecular complexity index is 1050. The molecule has 0 aliphatic rings. The van der Waals surface area contributed by atoms with Gasteiger partial charge in [-0.05, 0) is 30.3 Å². The molecule has 7 nitrogen and oxygen atoms in total. The molecule has 148 valence electrons. The molecule has 3 aromatic rings. The number of anilines is 1. The van der Waals surface area contributed by atoms with Crippen LogP contribution in [0.4, 0.5) is 5.69 Å². The maximum atomic E-state index is 12.3. The molecule has 0 radical (unpaired) electrons. The third-order valence-corrected chi connectivity index (χ3v) is 5.35. The first kappa shape index (κ1) is 20.8. The maximum absolute atomic E-state index is 12.3. The van der Waals surface area contributed by atoms with Gasteiger partial charge in [0.25, 0.3) is 0 Å². The van der Waals surface area contributed by atoms with Crippen LogP contribution < -0.4 is 5.32 Å². The summed E-state index contributed by atoms with van der Waals surface area (Å²) in [6.45, 7) is 4.28. The molecule has 0 atom stereocenters. The second-order valence-electron chi connectivity index (χ2n) is 5.94. The molecule has 0 aliphatic heterocycles. The highest BCUT2D eigenvalue weighted by Crippen LogP contribution is 2.25. The lowest BCUT2D eigenvalue weighted by Crippen LogP contribution is -2.15. The minimum absolute atomic E-state index is 0.104. The van der Waals surface area contributed by atoms with E-state index in [4.69, 9.17) is 5.11 Å². The molecular formula is C20H17BrN4O3S. The molecule has 2 N–H and O–H groups in total. The number of carboxylic acid groups (broad SMARTS) is 1. The average Bonchev–Trinajstić information content (AvgIpc) is 3.10. The van der Waals surface area contributed by atoms with Crippen molar-refractivity contribution in [3.05, 3.63) is 71.2 Å². The summed E-state index contributed by atoms with van der Waals surface area (Å²) in [5, 5.41) is 20.8. The van der Waals surface area contributed by atoms with Gasteiger partial charge in [0, 0.05) is 22.3 Å². The lowest BCUT2D eigenvalue weighted by Gasteiger charge is -2.08. The Morgan fingerprint density at radius 3 is 2.66 bits per heavy atom. The minimum atomic E-state index is -1.05. The number of halogens is 1. The Hall–Kier alpha value is -2.91. The Kier molecular flexibility index (Phi) is 6.84. The number of nitrogens with zero attached hydrogens (tertiary/aromatic N) is 3. The lowest BCUT2D eigenvalue weighted by atomic mass is 10.2. The number of benzene rings is 2. The molecule has 0 saturated carbocycles. The van der Waals surface area contributed by atoms with Crippen molar-refractivity contribution in [1.82, 2.24) is 14.8 Å². The van der Waals surface area contributed by atoms with E-state index < -0.39 is 5.97 Å². The van der Waals surface area contributed by atoms with Gasteiger partial charge in [-0.1, -0.05) is 52.0 Å². The fourth-order valence-corrected chi connectivity index (χ4v) is 3.57. The van der Waals surface area contributed by atoms with E-state index in [1.807, 2.05) is 28.8 Å². The molecule has 0 unspecified atom stereocenters. The second kappa shape index (κ2) is 9.53. The van der Waals surface area contributed by atoms with Crippen molar-refractivity contribution in [3.8, 4) is 11.4 Å². The van der Waals surface area contributed by atoms with Crippen LogP contribution in [-0.2, 0) is 11.3 Å². The lowest BCUT2D eigenvalue weighted by molar-refractivity contribution is -0.113. The standard InChI is InChI=1S/C20H17BrN4O3S/c1-2-10-25-18(13-6-8-15(21)9-7-13)23-24-20(25)29-12-17(26)22-16-5-3-4-14(11-16)19(27)28/h2-9,11H,1,10,12H2,(H,22,26)(H,27,28). The van der Waals surface area contributed by atoms with Crippen LogP contribution in [0.2, 0.25) is 0 Å². The molecule has 29 heavy (non-hydrogen) atoms. The van der Waals surface area contributed by atoms with E-state index in [0.717, 1.165) is 10.0 Å². The normalized spacial score (nSPS) is 10.5. The predicted molar refractivity (Wildman–Crippen MR) is 116 cm³/mol. The summed E-state index contributed by atoms with van der Waals surface area (Å²) < 4.78 is 2.86. The molecule has 1 aromatic heterocycles. The van der Waals surface area contributed by atoms with Crippen molar-refractivity contribution >= 4 is 45.3 Å². The van der Waals surface area contributed by atoms with Crippen molar-refractivity contribution < 1.29 is 14.7 Å². The van der Waals surface area contributed by atoms with Gasteiger partial charge in [-0.3, -0.25) is 9.36 Å². The van der Waals surface area contributed by atoms with E-state index in [9.17, 15) is 9.59 Å². The first-order valence-electron chi connectivity index (χ1n) is 8.54. The van der Waals surface area contributed by atoms with Crippen molar-refractivity contribution in [2.24, 2.45) is 0 Å². The molecule has 0 aliphatic carbocycles. The highest BCUT2D eigenvalue weighted by atomic mass is 79.9. The van der Waals surface area contributed by atoms with Gasteiger partial charge < -0.3 is 10.4 Å². The number of amides is 1. The van der Waals surface area contributed by atoms with Crippen LogP contribution in [0.15, 0.2) is 70.8 Å². The van der Waals surface area contributed by atoms with E-state index in [1.165, 1.54) is 23.9 Å². The second-order valence-corrected chi connectivity index (χ2v) is 7.79. The van der Waals surface area contributed by atoms with E-state index in [2.05, 4.69) is 38.0 Å². The number of aromatic carboxylic acids is 1. The topological polar surface area (TPSA) is 97.1 Å². The first-order chi connectivity index (χ1) is 14.0. The SMILES string of the molecule is C=CCn1c(SCC(=O)Nc2cccc(C(=O)O)c2)nnc1-c1ccc(Br)cc1. The maximum Gasteiger partial charge on any atom is 0.335 e. The molecule has 1 amide bonds. The van der Waals surface area contributed by atoms with E-state index in [-0.39, 0.29) is 17.2 Å². The number of hydrogen-bond donors (Lipinski definition) is 2. The highest BCUT2D eigenvalue weighted by Gasteiger charge is 2.15. The number of carboxylic acids is 1. The van der Waals surface area contributed by atoms with Crippen LogP contribution in [0, 0.1) is 0 Å². The van der Waals surface area contributed by atoms with Crippen LogP contribution in [0.3, 0.4) is 0 Å². The molecule has 2 aromatic carbocycles. The fourth-order valence-electron chi connectivity index (χ4n) is 2.56. The Labute approximate surface area is 180 Å². The van der Waals surface area contributed by atoms with Gasteiger partial charge in [-0.25, -0.2) is 4.79 Å². The van der Waals surface area contributed by atoms with Gasteiger partial charge in [0.15, 0.2) is 11.0 Å². The summed E-state index contributed by atoms with van der Waals surface area (Å²) in [6, 6.07) is 13.8. The van der Waals surface area contributed by atoms with Crippen molar-refractivity contribution in [1.29, 1.82) is 0 Å². The number of aromatic nitrogens is 3. The fraction of sp³-hybridized carbons (Fsp3) is 0.100. The summed E-state index contributed by atoms with van der Waals surface area (Å²) in [7, 11) is 0. The van der Waals surface area contributed by atoms with E-state index >= 15 is 0 Å². The Morgan fingerprint density at radius 2 is 1.97 bits per heavy atom. The van der Waals surface area contributed by atoms with E-state index in [1.54, 1.807) is 18.2 Å². The summed E-state index contributed by atoms with van der Waals surface area (Å²) in [4.78, 5) is 23.3. The third-order valence-electron chi connectivity index (χ3n) is 3.86. The highest BCUT2D eigenvalue weighted by molar-refractivity contribution is 9.10. The summed E-state index contributed by atoms with van der Waals surface area (Å²) in [6.07, 6.45) is 1.74.